The van der Waals surface area contributed by atoms with E-state index < -0.39 is 5.60 Å². The van der Waals surface area contributed by atoms with Gasteiger partial charge >= 0.3 is 0 Å². The second kappa shape index (κ2) is 4.09. The lowest BCUT2D eigenvalue weighted by molar-refractivity contribution is -0.134. The molecule has 1 fully saturated rings. The molecule has 1 atom stereocenters. The first-order valence-electron chi connectivity index (χ1n) is 6.28. The van der Waals surface area contributed by atoms with Crippen LogP contribution in [0.25, 0.3) is 0 Å². The molecule has 0 amide bonds. The maximum absolute atomic E-state index is 12.1. The number of rotatable bonds is 2. The fraction of sp³-hybridized carbons (Fsp3) is 0.533. The Kier molecular flexibility index (Phi) is 2.98. The van der Waals surface area contributed by atoms with Crippen molar-refractivity contribution in [1.82, 2.24) is 0 Å². The molecule has 98 valence electrons. The Hall–Kier alpha value is -1.35. The van der Waals surface area contributed by atoms with Crippen molar-refractivity contribution in [3.8, 4) is 0 Å². The summed E-state index contributed by atoms with van der Waals surface area (Å²) in [6, 6.07) is 7.58. The highest BCUT2D eigenvalue weighted by atomic mass is 16.3. The number of carbonyl (C=O) groups excluding carboxylic acids is 1. The van der Waals surface area contributed by atoms with Crippen LogP contribution in [-0.4, -0.2) is 25.0 Å². The number of anilines is 1. The molecule has 1 aromatic carbocycles. The number of benzene rings is 1. The molecular weight excluding hydrogens is 226 g/mol. The van der Waals surface area contributed by atoms with Gasteiger partial charge in [0, 0.05) is 26.2 Å². The van der Waals surface area contributed by atoms with Gasteiger partial charge in [0.05, 0.1) is 0 Å². The number of hydrogen-bond donors (Lipinski definition) is 1. The number of Topliss-reactive ketones (excluding diaryl/α,β-unsaturated/α-hetero) is 1. The number of ketones is 1. The standard InChI is InChI=1S/C15H21NO2/c1-14(2)9-13(17)15(18,10-14)11-5-7-12(8-6-11)16(3)4/h5-8,18H,9-10H2,1-4H3. The molecule has 0 radical (unpaired) electrons. The first-order chi connectivity index (χ1) is 8.24. The van der Waals surface area contributed by atoms with E-state index >= 15 is 0 Å². The molecular formula is C15H21NO2. The minimum absolute atomic E-state index is 0.0647. The van der Waals surface area contributed by atoms with Crippen molar-refractivity contribution in [2.75, 3.05) is 19.0 Å². The summed E-state index contributed by atoms with van der Waals surface area (Å²) in [6.45, 7) is 4.05. The van der Waals surface area contributed by atoms with E-state index in [1.807, 2.05) is 57.1 Å². The molecule has 0 aliphatic heterocycles. The Morgan fingerprint density at radius 3 is 2.11 bits per heavy atom. The Morgan fingerprint density at radius 1 is 1.17 bits per heavy atom. The predicted molar refractivity (Wildman–Crippen MR) is 72.7 cm³/mol. The average molecular weight is 247 g/mol. The van der Waals surface area contributed by atoms with E-state index in [0.29, 0.717) is 18.4 Å². The monoisotopic (exact) mass is 247 g/mol. The second-order valence-electron chi connectivity index (χ2n) is 6.24. The van der Waals surface area contributed by atoms with Gasteiger partial charge in [0.25, 0.3) is 0 Å². The molecule has 1 aromatic rings. The molecule has 1 unspecified atom stereocenters. The zero-order chi connectivity index (χ0) is 13.6. The van der Waals surface area contributed by atoms with Crippen molar-refractivity contribution >= 4 is 11.5 Å². The van der Waals surface area contributed by atoms with Crippen LogP contribution in [0.1, 0.15) is 32.3 Å². The Balaban J connectivity index is 2.34. The lowest BCUT2D eigenvalue weighted by Gasteiger charge is -2.24. The molecule has 1 aliphatic rings. The highest BCUT2D eigenvalue weighted by Crippen LogP contribution is 2.46. The number of aliphatic hydroxyl groups is 1. The first-order valence-corrected chi connectivity index (χ1v) is 6.28. The van der Waals surface area contributed by atoms with Gasteiger partial charge in [-0.1, -0.05) is 26.0 Å². The third kappa shape index (κ3) is 2.15. The zero-order valence-electron chi connectivity index (χ0n) is 11.5. The normalized spacial score (nSPS) is 26.4. The summed E-state index contributed by atoms with van der Waals surface area (Å²) < 4.78 is 0. The maximum atomic E-state index is 12.1. The molecule has 2 rings (SSSR count). The van der Waals surface area contributed by atoms with Crippen molar-refractivity contribution in [2.45, 2.75) is 32.3 Å². The topological polar surface area (TPSA) is 40.5 Å². The summed E-state index contributed by atoms with van der Waals surface area (Å²) in [4.78, 5) is 14.1. The lowest BCUT2D eigenvalue weighted by Crippen LogP contribution is -2.30. The molecule has 3 nitrogen and oxygen atoms in total. The summed E-state index contributed by atoms with van der Waals surface area (Å²) in [5.74, 6) is -0.0647. The average Bonchev–Trinajstić information content (AvgIpc) is 2.48. The Bertz CT molecular complexity index is 462. The predicted octanol–water partition coefficient (Wildman–Crippen LogP) is 2.33. The smallest absolute Gasteiger partial charge is 0.169 e. The van der Waals surface area contributed by atoms with Crippen LogP contribution in [0.4, 0.5) is 5.69 Å². The van der Waals surface area contributed by atoms with Gasteiger partial charge in [0.2, 0.25) is 0 Å². The zero-order valence-corrected chi connectivity index (χ0v) is 11.5. The van der Waals surface area contributed by atoms with E-state index in [9.17, 15) is 9.90 Å². The second-order valence-corrected chi connectivity index (χ2v) is 6.24. The molecule has 1 N–H and O–H groups in total. The van der Waals surface area contributed by atoms with Crippen LogP contribution in [0.2, 0.25) is 0 Å². The van der Waals surface area contributed by atoms with E-state index in [0.717, 1.165) is 5.69 Å². The molecule has 1 saturated carbocycles. The number of carbonyl (C=O) groups is 1. The fourth-order valence-electron chi connectivity index (χ4n) is 2.73. The van der Waals surface area contributed by atoms with Crippen LogP contribution in [-0.2, 0) is 10.4 Å². The van der Waals surface area contributed by atoms with E-state index in [4.69, 9.17) is 0 Å². The van der Waals surface area contributed by atoms with E-state index in [2.05, 4.69) is 0 Å². The minimum atomic E-state index is -1.30. The van der Waals surface area contributed by atoms with Gasteiger partial charge in [-0.2, -0.15) is 0 Å². The molecule has 0 aromatic heterocycles. The summed E-state index contributed by atoms with van der Waals surface area (Å²) in [7, 11) is 3.93. The van der Waals surface area contributed by atoms with Crippen LogP contribution < -0.4 is 4.90 Å². The molecule has 0 saturated heterocycles. The van der Waals surface area contributed by atoms with E-state index in [1.165, 1.54) is 0 Å². The first kappa shape index (κ1) is 13.1. The van der Waals surface area contributed by atoms with Crippen molar-refractivity contribution < 1.29 is 9.90 Å². The highest BCUT2D eigenvalue weighted by Gasteiger charge is 2.50. The SMILES string of the molecule is CN(C)c1ccc(C2(O)CC(C)(C)CC2=O)cc1. The van der Waals surface area contributed by atoms with Gasteiger partial charge in [-0.25, -0.2) is 0 Å². The summed E-state index contributed by atoms with van der Waals surface area (Å²) in [5, 5.41) is 10.6. The third-order valence-corrected chi connectivity index (χ3v) is 3.70. The van der Waals surface area contributed by atoms with E-state index in [1.54, 1.807) is 0 Å². The number of nitrogens with zero attached hydrogens (tertiary/aromatic N) is 1. The van der Waals surface area contributed by atoms with Gasteiger partial charge in [-0.15, -0.1) is 0 Å². The lowest BCUT2D eigenvalue weighted by atomic mass is 9.85. The van der Waals surface area contributed by atoms with Crippen LogP contribution in [0, 0.1) is 5.41 Å². The quantitative estimate of drug-likeness (QED) is 0.872. The molecule has 0 bridgehead atoms. The Morgan fingerprint density at radius 2 is 1.72 bits per heavy atom. The van der Waals surface area contributed by atoms with Gasteiger partial charge in [-0.05, 0) is 29.5 Å². The van der Waals surface area contributed by atoms with Crippen molar-refractivity contribution in [2.24, 2.45) is 5.41 Å². The summed E-state index contributed by atoms with van der Waals surface area (Å²) in [5.41, 5.74) is 0.358. The summed E-state index contributed by atoms with van der Waals surface area (Å²) in [6.07, 6.45) is 0.944. The molecule has 3 heteroatoms. The largest absolute Gasteiger partial charge is 0.378 e. The van der Waals surface area contributed by atoms with Gasteiger partial charge in [0.1, 0.15) is 5.60 Å². The van der Waals surface area contributed by atoms with Crippen molar-refractivity contribution in [1.29, 1.82) is 0 Å². The van der Waals surface area contributed by atoms with E-state index in [-0.39, 0.29) is 11.2 Å². The molecule has 0 spiro atoms. The van der Waals surface area contributed by atoms with Crippen molar-refractivity contribution in [3.05, 3.63) is 29.8 Å². The van der Waals surface area contributed by atoms with Crippen molar-refractivity contribution in [3.63, 3.8) is 0 Å². The van der Waals surface area contributed by atoms with Crippen LogP contribution >= 0.6 is 0 Å². The summed E-state index contributed by atoms with van der Waals surface area (Å²) >= 11 is 0. The fourth-order valence-corrected chi connectivity index (χ4v) is 2.73. The molecule has 0 heterocycles. The molecule has 1 aliphatic carbocycles. The minimum Gasteiger partial charge on any atom is -0.378 e. The van der Waals surface area contributed by atoms with Crippen LogP contribution in [0.5, 0.6) is 0 Å². The number of hydrogen-bond acceptors (Lipinski definition) is 3. The van der Waals surface area contributed by atoms with Crippen LogP contribution in [0.3, 0.4) is 0 Å². The van der Waals surface area contributed by atoms with Gasteiger partial charge < -0.3 is 10.0 Å². The van der Waals surface area contributed by atoms with Gasteiger partial charge in [0.15, 0.2) is 5.78 Å². The van der Waals surface area contributed by atoms with Crippen LogP contribution in [0.15, 0.2) is 24.3 Å². The highest BCUT2D eigenvalue weighted by molar-refractivity contribution is 5.91. The molecule has 18 heavy (non-hydrogen) atoms. The third-order valence-electron chi connectivity index (χ3n) is 3.70. The van der Waals surface area contributed by atoms with Gasteiger partial charge in [-0.3, -0.25) is 4.79 Å². The Labute approximate surface area is 108 Å². The maximum Gasteiger partial charge on any atom is 0.169 e.